The molecule has 1 atom stereocenters. The zero-order valence-electron chi connectivity index (χ0n) is 9.07. The molecule has 0 amide bonds. The molecule has 16 heavy (non-hydrogen) atoms. The van der Waals surface area contributed by atoms with E-state index in [-0.39, 0.29) is 12.6 Å². The van der Waals surface area contributed by atoms with Crippen LogP contribution in [-0.2, 0) is 0 Å². The maximum absolute atomic E-state index is 8.80. The van der Waals surface area contributed by atoms with Gasteiger partial charge >= 0.3 is 0 Å². The molecule has 5 heteroatoms. The molecule has 86 valence electrons. The largest absolute Gasteiger partial charge is 0.396 e. The van der Waals surface area contributed by atoms with Crippen LogP contribution in [0.2, 0.25) is 5.02 Å². The third-order valence-corrected chi connectivity index (χ3v) is 2.57. The van der Waals surface area contributed by atoms with Crippen molar-refractivity contribution in [3.63, 3.8) is 0 Å². The van der Waals surface area contributed by atoms with Crippen molar-refractivity contribution in [2.45, 2.75) is 25.8 Å². The molecule has 2 N–H and O–H groups in total. The van der Waals surface area contributed by atoms with E-state index in [1.165, 1.54) is 0 Å². The van der Waals surface area contributed by atoms with Crippen molar-refractivity contribution in [2.24, 2.45) is 0 Å². The van der Waals surface area contributed by atoms with Gasteiger partial charge in [0.25, 0.3) is 0 Å². The number of hydrogen-bond donors (Lipinski definition) is 2. The lowest BCUT2D eigenvalue weighted by atomic mass is 10.2. The Labute approximate surface area is 99.9 Å². The number of aliphatic hydroxyl groups excluding tert-OH is 1. The number of nitrogens with one attached hydrogen (secondary N) is 1. The Kier molecular flexibility index (Phi) is 5.03. The lowest BCUT2D eigenvalue weighted by Crippen LogP contribution is -2.16. The van der Waals surface area contributed by atoms with E-state index >= 15 is 0 Å². The van der Waals surface area contributed by atoms with Gasteiger partial charge in [-0.2, -0.15) is 5.26 Å². The fraction of sp³-hybridized carbons (Fsp3) is 0.455. The Hall–Kier alpha value is -1.31. The van der Waals surface area contributed by atoms with Crippen molar-refractivity contribution in [3.8, 4) is 6.07 Å². The number of aromatic nitrogens is 1. The second-order valence-electron chi connectivity index (χ2n) is 3.54. The van der Waals surface area contributed by atoms with Gasteiger partial charge in [0.15, 0.2) is 0 Å². The van der Waals surface area contributed by atoms with Crippen LogP contribution in [0.3, 0.4) is 0 Å². The van der Waals surface area contributed by atoms with E-state index in [2.05, 4.69) is 10.3 Å². The maximum atomic E-state index is 8.80. The van der Waals surface area contributed by atoms with E-state index < -0.39 is 0 Å². The summed E-state index contributed by atoms with van der Waals surface area (Å²) in [4.78, 5) is 4.08. The molecule has 0 spiro atoms. The Morgan fingerprint density at radius 1 is 1.69 bits per heavy atom. The summed E-state index contributed by atoms with van der Waals surface area (Å²) >= 11 is 5.99. The summed E-state index contributed by atoms with van der Waals surface area (Å²) in [6.45, 7) is 2.15. The molecule has 0 saturated heterocycles. The average Bonchev–Trinajstić information content (AvgIpc) is 2.29. The van der Waals surface area contributed by atoms with Crippen LogP contribution in [0.25, 0.3) is 0 Å². The van der Waals surface area contributed by atoms with E-state index in [1.54, 1.807) is 12.3 Å². The molecule has 1 heterocycles. The second kappa shape index (κ2) is 6.31. The quantitative estimate of drug-likeness (QED) is 0.826. The van der Waals surface area contributed by atoms with Crippen molar-refractivity contribution in [1.82, 2.24) is 4.98 Å². The number of aliphatic hydroxyl groups is 1. The van der Waals surface area contributed by atoms with Crippen LogP contribution in [0.1, 0.15) is 25.3 Å². The van der Waals surface area contributed by atoms with Gasteiger partial charge in [-0.15, -0.1) is 0 Å². The number of anilines is 1. The smallest absolute Gasteiger partial charge is 0.146 e. The molecule has 0 aliphatic heterocycles. The van der Waals surface area contributed by atoms with E-state index in [0.29, 0.717) is 16.4 Å². The minimum Gasteiger partial charge on any atom is -0.396 e. The number of pyridine rings is 1. The molecule has 0 aliphatic rings. The number of nitriles is 1. The molecule has 0 radical (unpaired) electrons. The maximum Gasteiger partial charge on any atom is 0.146 e. The molecular formula is C11H14ClN3O. The fourth-order valence-corrected chi connectivity index (χ4v) is 1.54. The van der Waals surface area contributed by atoms with Gasteiger partial charge in [-0.05, 0) is 25.8 Å². The first kappa shape index (κ1) is 12.8. The summed E-state index contributed by atoms with van der Waals surface area (Å²) in [5.74, 6) is 0.520. The molecule has 1 aromatic rings. The monoisotopic (exact) mass is 239 g/mol. The van der Waals surface area contributed by atoms with Crippen LogP contribution in [0.15, 0.2) is 12.3 Å². The summed E-state index contributed by atoms with van der Waals surface area (Å²) < 4.78 is 0. The van der Waals surface area contributed by atoms with Crippen LogP contribution in [0, 0.1) is 11.3 Å². The van der Waals surface area contributed by atoms with Crippen LogP contribution in [0.4, 0.5) is 5.82 Å². The zero-order chi connectivity index (χ0) is 12.0. The molecule has 0 aromatic carbocycles. The van der Waals surface area contributed by atoms with Gasteiger partial charge in [-0.3, -0.25) is 0 Å². The zero-order valence-corrected chi connectivity index (χ0v) is 9.83. The highest BCUT2D eigenvalue weighted by atomic mass is 35.5. The minimum atomic E-state index is 0.158. The van der Waals surface area contributed by atoms with Crippen molar-refractivity contribution in [3.05, 3.63) is 22.8 Å². The Bertz CT molecular complexity index is 389. The highest BCUT2D eigenvalue weighted by Crippen LogP contribution is 2.23. The van der Waals surface area contributed by atoms with Gasteiger partial charge in [-0.25, -0.2) is 4.98 Å². The van der Waals surface area contributed by atoms with Gasteiger partial charge in [0.05, 0.1) is 5.56 Å². The first-order valence-electron chi connectivity index (χ1n) is 5.11. The first-order valence-corrected chi connectivity index (χ1v) is 5.48. The van der Waals surface area contributed by atoms with E-state index in [4.69, 9.17) is 22.0 Å². The number of rotatable bonds is 5. The predicted molar refractivity (Wildman–Crippen MR) is 63.4 cm³/mol. The van der Waals surface area contributed by atoms with Crippen LogP contribution < -0.4 is 5.32 Å². The lowest BCUT2D eigenvalue weighted by molar-refractivity contribution is 0.282. The standard InChI is InChI=1S/C11H14ClN3O/c1-8(3-2-6-16)15-11-10(12)9(7-13)4-5-14-11/h4-5,8,16H,2-3,6H2,1H3,(H,14,15). The highest BCUT2D eigenvalue weighted by Gasteiger charge is 2.09. The van der Waals surface area contributed by atoms with Crippen LogP contribution >= 0.6 is 11.6 Å². The van der Waals surface area contributed by atoms with Gasteiger partial charge < -0.3 is 10.4 Å². The molecule has 0 aliphatic carbocycles. The molecular weight excluding hydrogens is 226 g/mol. The topological polar surface area (TPSA) is 68.9 Å². The summed E-state index contributed by atoms with van der Waals surface area (Å²) in [6.07, 6.45) is 3.10. The third kappa shape index (κ3) is 3.37. The number of halogens is 1. The second-order valence-corrected chi connectivity index (χ2v) is 3.92. The van der Waals surface area contributed by atoms with Crippen LogP contribution in [0.5, 0.6) is 0 Å². The SMILES string of the molecule is CC(CCCO)Nc1nccc(C#N)c1Cl. The third-order valence-electron chi connectivity index (χ3n) is 2.19. The van der Waals surface area contributed by atoms with Gasteiger partial charge in [-0.1, -0.05) is 11.6 Å². The van der Waals surface area contributed by atoms with Gasteiger partial charge in [0, 0.05) is 18.8 Å². The van der Waals surface area contributed by atoms with Gasteiger partial charge in [0.2, 0.25) is 0 Å². The molecule has 0 bridgehead atoms. The Morgan fingerprint density at radius 2 is 2.44 bits per heavy atom. The van der Waals surface area contributed by atoms with Crippen molar-refractivity contribution >= 4 is 17.4 Å². The van der Waals surface area contributed by atoms with E-state index in [1.807, 2.05) is 13.0 Å². The molecule has 1 rings (SSSR count). The summed E-state index contributed by atoms with van der Waals surface area (Å²) in [5.41, 5.74) is 0.411. The Balaban J connectivity index is 2.70. The van der Waals surface area contributed by atoms with Crippen molar-refractivity contribution in [1.29, 1.82) is 5.26 Å². The molecule has 4 nitrogen and oxygen atoms in total. The van der Waals surface area contributed by atoms with E-state index in [9.17, 15) is 0 Å². The minimum absolute atomic E-state index is 0.158. The van der Waals surface area contributed by atoms with Crippen LogP contribution in [-0.4, -0.2) is 22.7 Å². The molecule has 1 aromatic heterocycles. The normalized spacial score (nSPS) is 11.9. The lowest BCUT2D eigenvalue weighted by Gasteiger charge is -2.14. The van der Waals surface area contributed by atoms with Crippen molar-refractivity contribution in [2.75, 3.05) is 11.9 Å². The fourth-order valence-electron chi connectivity index (χ4n) is 1.33. The summed E-state index contributed by atoms with van der Waals surface area (Å²) in [5, 5.41) is 21.0. The van der Waals surface area contributed by atoms with E-state index in [0.717, 1.165) is 12.8 Å². The predicted octanol–water partition coefficient (Wildman–Crippen LogP) is 2.18. The molecule has 1 unspecified atom stereocenters. The number of hydrogen-bond acceptors (Lipinski definition) is 4. The average molecular weight is 240 g/mol. The molecule has 0 saturated carbocycles. The van der Waals surface area contributed by atoms with Crippen molar-refractivity contribution < 1.29 is 5.11 Å². The summed E-state index contributed by atoms with van der Waals surface area (Å²) in [6, 6.07) is 3.73. The van der Waals surface area contributed by atoms with Gasteiger partial charge in [0.1, 0.15) is 16.9 Å². The number of nitrogens with zero attached hydrogens (tertiary/aromatic N) is 2. The molecule has 0 fully saturated rings. The Morgan fingerprint density at radius 3 is 3.06 bits per heavy atom. The summed E-state index contributed by atoms with van der Waals surface area (Å²) in [7, 11) is 0. The first-order chi connectivity index (χ1) is 7.69. The highest BCUT2D eigenvalue weighted by molar-refractivity contribution is 6.34.